The van der Waals surface area contributed by atoms with E-state index in [2.05, 4.69) is 4.98 Å². The minimum absolute atomic E-state index is 0.121. The van der Waals surface area contributed by atoms with Crippen LogP contribution >= 0.6 is 11.3 Å². The van der Waals surface area contributed by atoms with Crippen molar-refractivity contribution in [2.75, 3.05) is 0 Å². The lowest BCUT2D eigenvalue weighted by Crippen LogP contribution is -2.24. The number of nitrogens with zero attached hydrogens (tertiary/aromatic N) is 2. The molecule has 0 bridgehead atoms. The number of carboxylic acids is 1. The lowest BCUT2D eigenvalue weighted by atomic mass is 10.0. The lowest BCUT2D eigenvalue weighted by molar-refractivity contribution is -0.138. The Bertz CT molecular complexity index is 773. The summed E-state index contributed by atoms with van der Waals surface area (Å²) < 4.78 is 1.55. The fraction of sp³-hybridized carbons (Fsp3) is 0.500. The first kappa shape index (κ1) is 13.3. The second-order valence-corrected chi connectivity index (χ2v) is 6.62. The molecule has 0 saturated heterocycles. The highest BCUT2D eigenvalue weighted by molar-refractivity contribution is 7.18. The van der Waals surface area contributed by atoms with Gasteiger partial charge in [0.1, 0.15) is 10.7 Å². The summed E-state index contributed by atoms with van der Waals surface area (Å²) in [6.45, 7) is 3.99. The minimum atomic E-state index is -0.849. The molecule has 2 heterocycles. The molecule has 0 saturated carbocycles. The van der Waals surface area contributed by atoms with Crippen molar-refractivity contribution in [1.82, 2.24) is 9.55 Å². The van der Waals surface area contributed by atoms with Crippen molar-refractivity contribution >= 4 is 27.5 Å². The molecule has 3 rings (SSSR count). The first-order valence-electron chi connectivity index (χ1n) is 6.66. The van der Waals surface area contributed by atoms with Crippen LogP contribution in [0.4, 0.5) is 0 Å². The summed E-state index contributed by atoms with van der Waals surface area (Å²) in [6, 6.07) is 0. The van der Waals surface area contributed by atoms with Gasteiger partial charge >= 0.3 is 5.97 Å². The van der Waals surface area contributed by atoms with Crippen molar-refractivity contribution in [3.8, 4) is 0 Å². The van der Waals surface area contributed by atoms with Crippen LogP contribution in [0, 0.1) is 0 Å². The summed E-state index contributed by atoms with van der Waals surface area (Å²) in [6.07, 6.45) is 1.31. The molecule has 1 aliphatic carbocycles. The van der Waals surface area contributed by atoms with Crippen LogP contribution in [0.1, 0.15) is 48.4 Å². The average Bonchev–Trinajstić information content (AvgIpc) is 2.90. The Morgan fingerprint density at radius 1 is 1.50 bits per heavy atom. The topological polar surface area (TPSA) is 72.2 Å². The van der Waals surface area contributed by atoms with Crippen LogP contribution in [0.2, 0.25) is 0 Å². The number of carbonyl (C=O) groups is 1. The third kappa shape index (κ3) is 1.71. The molecule has 6 heteroatoms. The maximum atomic E-state index is 12.6. The Hall–Kier alpha value is -1.69. The highest BCUT2D eigenvalue weighted by Gasteiger charge is 2.34. The van der Waals surface area contributed by atoms with E-state index in [0.717, 1.165) is 17.1 Å². The number of thiophene rings is 1. The highest BCUT2D eigenvalue weighted by Crippen LogP contribution is 2.42. The van der Waals surface area contributed by atoms with Crippen LogP contribution in [-0.4, -0.2) is 20.6 Å². The molecule has 1 aliphatic rings. The van der Waals surface area contributed by atoms with Crippen molar-refractivity contribution < 1.29 is 9.90 Å². The fourth-order valence-corrected chi connectivity index (χ4v) is 4.20. The maximum absolute atomic E-state index is 12.6. The van der Waals surface area contributed by atoms with E-state index in [-0.39, 0.29) is 11.5 Å². The monoisotopic (exact) mass is 292 g/mol. The Morgan fingerprint density at radius 2 is 2.20 bits per heavy atom. The number of carboxylic acid groups (broad SMARTS) is 1. The number of hydrogen-bond acceptors (Lipinski definition) is 4. The quantitative estimate of drug-likeness (QED) is 0.921. The number of aryl methyl sites for hydroxylation is 1. The Kier molecular flexibility index (Phi) is 2.93. The van der Waals surface area contributed by atoms with Gasteiger partial charge in [-0.05, 0) is 18.4 Å². The van der Waals surface area contributed by atoms with E-state index >= 15 is 0 Å². The van der Waals surface area contributed by atoms with E-state index in [4.69, 9.17) is 0 Å². The van der Waals surface area contributed by atoms with Gasteiger partial charge in [-0.3, -0.25) is 14.2 Å². The second kappa shape index (κ2) is 4.41. The molecule has 106 valence electrons. The van der Waals surface area contributed by atoms with Gasteiger partial charge in [0, 0.05) is 17.8 Å². The van der Waals surface area contributed by atoms with Gasteiger partial charge in [-0.25, -0.2) is 4.98 Å². The summed E-state index contributed by atoms with van der Waals surface area (Å²) in [7, 11) is 1.71. The fourth-order valence-electron chi connectivity index (χ4n) is 2.95. The summed E-state index contributed by atoms with van der Waals surface area (Å²) >= 11 is 1.47. The first-order valence-corrected chi connectivity index (χ1v) is 7.48. The molecule has 20 heavy (non-hydrogen) atoms. The highest BCUT2D eigenvalue weighted by atomic mass is 32.1. The average molecular weight is 292 g/mol. The molecule has 0 spiro atoms. The molecule has 1 unspecified atom stereocenters. The lowest BCUT2D eigenvalue weighted by Gasteiger charge is -2.11. The molecule has 0 radical (unpaired) electrons. The predicted octanol–water partition coefficient (Wildman–Crippen LogP) is 2.23. The number of hydrogen-bond donors (Lipinski definition) is 1. The van der Waals surface area contributed by atoms with E-state index in [9.17, 15) is 14.7 Å². The SMILES string of the molecule is CC(C)c1nc2sc3c(c2c(=O)n1C)C(C(=O)O)CC3. The van der Waals surface area contributed by atoms with E-state index in [1.807, 2.05) is 13.8 Å². The number of aromatic nitrogens is 2. The van der Waals surface area contributed by atoms with Crippen LogP contribution in [0.15, 0.2) is 4.79 Å². The summed E-state index contributed by atoms with van der Waals surface area (Å²) in [5.41, 5.74) is 0.588. The van der Waals surface area contributed by atoms with Gasteiger partial charge in [0.15, 0.2) is 0 Å². The van der Waals surface area contributed by atoms with Crippen molar-refractivity contribution in [2.45, 2.75) is 38.5 Å². The van der Waals surface area contributed by atoms with Gasteiger partial charge in [0.2, 0.25) is 0 Å². The van der Waals surface area contributed by atoms with Gasteiger partial charge in [0.25, 0.3) is 5.56 Å². The predicted molar refractivity (Wildman–Crippen MR) is 77.6 cm³/mol. The Morgan fingerprint density at radius 3 is 2.80 bits per heavy atom. The van der Waals surface area contributed by atoms with Gasteiger partial charge < -0.3 is 5.11 Å². The van der Waals surface area contributed by atoms with Crippen LogP contribution < -0.4 is 5.56 Å². The van der Waals surface area contributed by atoms with E-state index in [1.165, 1.54) is 11.3 Å². The van der Waals surface area contributed by atoms with Crippen LogP contribution in [0.5, 0.6) is 0 Å². The van der Waals surface area contributed by atoms with Gasteiger partial charge in [-0.1, -0.05) is 13.8 Å². The zero-order chi connectivity index (χ0) is 14.6. The molecular formula is C14H16N2O3S. The number of aliphatic carboxylic acids is 1. The molecule has 2 aromatic rings. The molecule has 0 aromatic carbocycles. The molecular weight excluding hydrogens is 276 g/mol. The van der Waals surface area contributed by atoms with Crippen LogP contribution in [0.25, 0.3) is 10.2 Å². The standard InChI is InChI=1S/C14H16N2O3S/c1-6(2)11-15-12-10(13(17)16(11)3)9-7(14(18)19)4-5-8(9)20-12/h6-7H,4-5H2,1-3H3,(H,18,19). The van der Waals surface area contributed by atoms with E-state index in [1.54, 1.807) is 11.6 Å². The van der Waals surface area contributed by atoms with E-state index < -0.39 is 11.9 Å². The van der Waals surface area contributed by atoms with E-state index in [0.29, 0.717) is 22.2 Å². The zero-order valence-corrected chi connectivity index (χ0v) is 12.5. The molecule has 1 atom stereocenters. The smallest absolute Gasteiger partial charge is 0.311 e. The molecule has 0 aliphatic heterocycles. The molecule has 5 nitrogen and oxygen atoms in total. The summed E-state index contributed by atoms with van der Waals surface area (Å²) in [4.78, 5) is 30.2. The minimum Gasteiger partial charge on any atom is -0.481 e. The van der Waals surface area contributed by atoms with Gasteiger partial charge in [-0.15, -0.1) is 11.3 Å². The molecule has 1 N–H and O–H groups in total. The van der Waals surface area contributed by atoms with Crippen molar-refractivity contribution in [1.29, 1.82) is 0 Å². The summed E-state index contributed by atoms with van der Waals surface area (Å²) in [5, 5.41) is 9.83. The number of fused-ring (bicyclic) bond motifs is 3. The zero-order valence-electron chi connectivity index (χ0n) is 11.6. The number of rotatable bonds is 2. The summed E-state index contributed by atoms with van der Waals surface area (Å²) in [5.74, 6) is -0.504. The third-order valence-electron chi connectivity index (χ3n) is 3.90. The van der Waals surface area contributed by atoms with Crippen LogP contribution in [0.3, 0.4) is 0 Å². The largest absolute Gasteiger partial charge is 0.481 e. The van der Waals surface area contributed by atoms with Crippen LogP contribution in [-0.2, 0) is 18.3 Å². The van der Waals surface area contributed by atoms with Gasteiger partial charge in [0.05, 0.1) is 11.3 Å². The molecule has 2 aromatic heterocycles. The first-order chi connectivity index (χ1) is 9.41. The molecule has 0 fully saturated rings. The third-order valence-corrected chi connectivity index (χ3v) is 5.06. The Balaban J connectivity index is 2.36. The molecule has 0 amide bonds. The van der Waals surface area contributed by atoms with Crippen molar-refractivity contribution in [3.63, 3.8) is 0 Å². The van der Waals surface area contributed by atoms with Gasteiger partial charge in [-0.2, -0.15) is 0 Å². The van der Waals surface area contributed by atoms with Crippen molar-refractivity contribution in [3.05, 3.63) is 26.6 Å². The Labute approximate surface area is 119 Å². The maximum Gasteiger partial charge on any atom is 0.311 e. The van der Waals surface area contributed by atoms with Crippen molar-refractivity contribution in [2.24, 2.45) is 7.05 Å². The second-order valence-electron chi connectivity index (χ2n) is 5.54. The normalized spacial score (nSPS) is 17.9.